The van der Waals surface area contributed by atoms with E-state index in [1.807, 2.05) is 0 Å². The van der Waals surface area contributed by atoms with Crippen molar-refractivity contribution in [1.29, 1.82) is 0 Å². The van der Waals surface area contributed by atoms with Crippen molar-refractivity contribution in [3.05, 3.63) is 0 Å². The van der Waals surface area contributed by atoms with Crippen molar-refractivity contribution in [1.82, 2.24) is 0 Å². The van der Waals surface area contributed by atoms with Gasteiger partial charge in [0.2, 0.25) is 0 Å². The number of hydrogen-bond acceptors (Lipinski definition) is 8. The molecule has 12 nitrogen and oxygen atoms in total. The van der Waals surface area contributed by atoms with Crippen molar-refractivity contribution in [3.8, 4) is 0 Å². The highest BCUT2D eigenvalue weighted by Crippen LogP contribution is 2.58. The predicted molar refractivity (Wildman–Crippen MR) is 120 cm³/mol. The van der Waals surface area contributed by atoms with Crippen LogP contribution in [0, 0.1) is 0 Å². The zero-order valence-electron chi connectivity index (χ0n) is 18.3. The van der Waals surface area contributed by atoms with E-state index in [-0.39, 0.29) is 6.72 Å². The molecule has 0 fully saturated rings. The molecule has 4 atom stereocenters. The van der Waals surface area contributed by atoms with Gasteiger partial charge in [-0.2, -0.15) is 0 Å². The molecule has 0 aliphatic heterocycles. The maximum atomic E-state index is 12.3. The van der Waals surface area contributed by atoms with Gasteiger partial charge in [0.05, 0.1) is 24.4 Å². The summed E-state index contributed by atoms with van der Waals surface area (Å²) in [6.45, 7) is 10.7. The molecule has 0 aliphatic carbocycles. The molecule has 0 aromatic carbocycles. The molecular weight excluding hydrogens is 492 g/mol. The molecule has 0 spiro atoms. The molecule has 0 rings (SSSR count). The second-order valence-corrected chi connectivity index (χ2v) is 14.4. The fraction of sp³-hybridized carbons (Fsp3) is 1.00. The molecule has 0 aromatic heterocycles. The van der Waals surface area contributed by atoms with Crippen molar-refractivity contribution in [3.63, 3.8) is 0 Å². The van der Waals surface area contributed by atoms with Crippen LogP contribution in [0.4, 0.5) is 0 Å². The fourth-order valence-electron chi connectivity index (χ4n) is 2.13. The lowest BCUT2D eigenvalue weighted by Gasteiger charge is -2.24. The van der Waals surface area contributed by atoms with Gasteiger partial charge in [0.15, 0.2) is 0 Å². The lowest BCUT2D eigenvalue weighted by Crippen LogP contribution is -2.20. The summed E-state index contributed by atoms with van der Waals surface area (Å²) in [4.78, 5) is 39.3. The normalized spacial score (nSPS) is 21.1. The maximum absolute atomic E-state index is 12.3. The van der Waals surface area contributed by atoms with Crippen LogP contribution in [0.1, 0.15) is 41.5 Å². The van der Waals surface area contributed by atoms with Gasteiger partial charge in [-0.1, -0.05) is 0 Å². The smallest absolute Gasteiger partial charge is 0.332 e. The number of hydrogen-bond donors (Lipinski definition) is 4. The zero-order chi connectivity index (χ0) is 24.7. The van der Waals surface area contributed by atoms with Gasteiger partial charge in [-0.3, -0.25) is 18.3 Å². The van der Waals surface area contributed by atoms with Gasteiger partial charge in [-0.25, -0.2) is 0 Å². The zero-order valence-corrected chi connectivity index (χ0v) is 21.9. The average molecular weight is 523 g/mol. The number of rotatable bonds is 16. The van der Waals surface area contributed by atoms with Crippen LogP contribution in [0.25, 0.3) is 0 Å². The SMILES string of the molecule is CC(C)OP(=O)(O)[B]CC(C[B]P(=O)(O)OC(C)C)OP(=O)(O)[B]P(=O)(O)OC(C)C. The summed E-state index contributed by atoms with van der Waals surface area (Å²) in [5, 5.41) is 0. The molecule has 0 amide bonds. The Kier molecular flexibility index (Phi) is 13.4. The molecule has 3 radical (unpaired) electrons. The topological polar surface area (TPSA) is 186 Å². The largest absolute Gasteiger partial charge is 0.425 e. The molecular formula is C12H30B3O12P4. The molecule has 0 bridgehead atoms. The highest BCUT2D eigenvalue weighted by molar-refractivity contribution is 8.12. The van der Waals surface area contributed by atoms with Crippen molar-refractivity contribution in [2.24, 2.45) is 0 Å². The van der Waals surface area contributed by atoms with E-state index in [1.54, 1.807) is 0 Å². The first-order valence-corrected chi connectivity index (χ1v) is 15.9. The van der Waals surface area contributed by atoms with Gasteiger partial charge in [0.25, 0.3) is 43.9 Å². The summed E-state index contributed by atoms with van der Waals surface area (Å²) in [6, 6.07) is 0. The lowest BCUT2D eigenvalue weighted by atomic mass is 9.87. The minimum atomic E-state index is -4.87. The van der Waals surface area contributed by atoms with Crippen LogP contribution in [0.3, 0.4) is 0 Å². The van der Waals surface area contributed by atoms with E-state index in [0.29, 0.717) is 0 Å². The van der Waals surface area contributed by atoms with Gasteiger partial charge in [-0.15, -0.1) is 0 Å². The highest BCUT2D eigenvalue weighted by Gasteiger charge is 2.40. The van der Waals surface area contributed by atoms with E-state index >= 15 is 0 Å². The monoisotopic (exact) mass is 523 g/mol. The average Bonchev–Trinajstić information content (AvgIpc) is 2.44. The van der Waals surface area contributed by atoms with Gasteiger partial charge in [0, 0.05) is 0 Å². The second kappa shape index (κ2) is 13.0. The van der Waals surface area contributed by atoms with Gasteiger partial charge < -0.3 is 37.7 Å². The highest BCUT2D eigenvalue weighted by atomic mass is 31.2. The Labute approximate surface area is 185 Å². The molecule has 4 unspecified atom stereocenters. The van der Waals surface area contributed by atoms with Crippen molar-refractivity contribution in [2.45, 2.75) is 78.6 Å². The van der Waals surface area contributed by atoms with Crippen molar-refractivity contribution < 1.29 is 55.9 Å². The van der Waals surface area contributed by atoms with Crippen LogP contribution >= 0.6 is 29.9 Å². The fourth-order valence-corrected chi connectivity index (χ4v) is 7.63. The molecule has 4 N–H and O–H groups in total. The quantitative estimate of drug-likeness (QED) is 0.172. The second-order valence-electron chi connectivity index (χ2n) is 7.40. The minimum absolute atomic E-state index is 0.124. The van der Waals surface area contributed by atoms with Gasteiger partial charge >= 0.3 is 6.72 Å². The molecule has 19 heteroatoms. The van der Waals surface area contributed by atoms with Gasteiger partial charge in [-0.05, 0) is 54.2 Å². The third-order valence-corrected chi connectivity index (χ3v) is 9.33. The van der Waals surface area contributed by atoms with Crippen LogP contribution in [0.5, 0.6) is 0 Å². The van der Waals surface area contributed by atoms with Crippen LogP contribution in [-0.4, -0.2) is 64.7 Å². The Hall–Kier alpha value is 0.795. The van der Waals surface area contributed by atoms with Crippen LogP contribution < -0.4 is 0 Å². The van der Waals surface area contributed by atoms with Crippen molar-refractivity contribution in [2.75, 3.05) is 0 Å². The maximum Gasteiger partial charge on any atom is 0.425 e. The Morgan fingerprint density at radius 1 is 0.581 bits per heavy atom. The molecule has 31 heavy (non-hydrogen) atoms. The molecule has 0 saturated carbocycles. The van der Waals surface area contributed by atoms with E-state index in [1.165, 1.54) is 41.5 Å². The molecule has 179 valence electrons. The van der Waals surface area contributed by atoms with E-state index < -0.39 is 67.0 Å². The molecule has 0 heterocycles. The summed E-state index contributed by atoms with van der Waals surface area (Å²) < 4.78 is 67.7. The van der Waals surface area contributed by atoms with Gasteiger partial charge in [0.1, 0.15) is 0 Å². The summed E-state index contributed by atoms with van der Waals surface area (Å²) in [6.07, 6.45) is -4.25. The Bertz CT molecular complexity index is 714. The van der Waals surface area contributed by atoms with E-state index in [2.05, 4.69) is 4.52 Å². The first-order chi connectivity index (χ1) is 13.7. The molecule has 0 aromatic rings. The Morgan fingerprint density at radius 3 is 1.19 bits per heavy atom. The first-order valence-electron chi connectivity index (χ1n) is 9.33. The summed E-state index contributed by atoms with van der Waals surface area (Å²) in [5.41, 5.74) is 0. The van der Waals surface area contributed by atoms with E-state index in [0.717, 1.165) is 14.0 Å². The Balaban J connectivity index is 5.36. The van der Waals surface area contributed by atoms with Crippen molar-refractivity contribution >= 4 is 50.6 Å². The van der Waals surface area contributed by atoms with Crippen LogP contribution in [0.2, 0.25) is 12.6 Å². The molecule has 0 aliphatic rings. The van der Waals surface area contributed by atoms with E-state index in [4.69, 9.17) is 13.6 Å². The summed E-state index contributed by atoms with van der Waals surface area (Å²) >= 11 is 0. The minimum Gasteiger partial charge on any atom is -0.332 e. The third kappa shape index (κ3) is 17.0. The first kappa shape index (κ1) is 31.8. The van der Waals surface area contributed by atoms with Crippen LogP contribution in [0.15, 0.2) is 0 Å². The molecule has 0 saturated heterocycles. The summed E-state index contributed by atoms with van der Waals surface area (Å²) in [5.74, 6) is 0. The Morgan fingerprint density at radius 2 is 0.871 bits per heavy atom. The van der Waals surface area contributed by atoms with Crippen LogP contribution in [-0.2, 0) is 36.4 Å². The van der Waals surface area contributed by atoms with E-state index in [9.17, 15) is 37.8 Å². The predicted octanol–water partition coefficient (Wildman–Crippen LogP) is 3.00. The lowest BCUT2D eigenvalue weighted by molar-refractivity contribution is 0.204. The standard InChI is InChI=1S/C12H30B3O12P4/c1-9(2)24-28(16,17)13-7-12(8-14-29(18,19)25-10(3)4)27-31(22,23)15-30(20,21)26-11(5)6/h9-12H,7-8H2,1-6H3,(H,16,17)(H,18,19)(H,20,21)(H,22,23). The summed E-state index contributed by atoms with van der Waals surface area (Å²) in [7, 11) is -17.9. The third-order valence-electron chi connectivity index (χ3n) is 2.88.